The van der Waals surface area contributed by atoms with Crippen LogP contribution in [0, 0.1) is 5.41 Å². The molecule has 3 aromatic rings. The van der Waals surface area contributed by atoms with Gasteiger partial charge in [0.25, 0.3) is 5.91 Å². The van der Waals surface area contributed by atoms with Gasteiger partial charge in [0.1, 0.15) is 6.26 Å². The molecule has 0 saturated carbocycles. The number of likely N-dealkylation sites (tertiary alicyclic amines) is 2. The van der Waals surface area contributed by atoms with Crippen LogP contribution in [0.4, 0.5) is 0 Å². The lowest BCUT2D eigenvalue weighted by molar-refractivity contribution is 0.0546. The van der Waals surface area contributed by atoms with Crippen molar-refractivity contribution in [3.05, 3.63) is 84.3 Å². The lowest BCUT2D eigenvalue weighted by atomic mass is 9.70. The van der Waals surface area contributed by atoms with Crippen molar-refractivity contribution in [3.63, 3.8) is 0 Å². The molecule has 1 aromatic carbocycles. The van der Waals surface area contributed by atoms with Gasteiger partial charge in [0.2, 0.25) is 0 Å². The second kappa shape index (κ2) is 8.03. The predicted octanol–water partition coefficient (Wildman–Crippen LogP) is 3.59. The molecule has 6 nitrogen and oxygen atoms in total. The molecule has 2 fully saturated rings. The van der Waals surface area contributed by atoms with E-state index in [1.165, 1.54) is 5.56 Å². The molecule has 5 rings (SSSR count). The van der Waals surface area contributed by atoms with E-state index >= 15 is 0 Å². The Hall–Kier alpha value is -2.99. The van der Waals surface area contributed by atoms with Crippen LogP contribution in [0.3, 0.4) is 0 Å². The van der Waals surface area contributed by atoms with Crippen molar-refractivity contribution in [2.45, 2.75) is 25.3 Å². The van der Waals surface area contributed by atoms with Gasteiger partial charge in [-0.25, -0.2) is 4.98 Å². The van der Waals surface area contributed by atoms with E-state index in [4.69, 9.17) is 4.42 Å². The van der Waals surface area contributed by atoms with E-state index in [0.717, 1.165) is 51.5 Å². The van der Waals surface area contributed by atoms with E-state index in [1.54, 1.807) is 24.9 Å². The number of aromatic nitrogens is 2. The molecule has 2 saturated heterocycles. The average Bonchev–Trinajstić information content (AvgIpc) is 3.44. The molecule has 0 aliphatic carbocycles. The summed E-state index contributed by atoms with van der Waals surface area (Å²) in [5, 5.41) is 0. The van der Waals surface area contributed by atoms with Gasteiger partial charge in [0.05, 0.1) is 17.7 Å². The smallest absolute Gasteiger partial charge is 0.255 e. The van der Waals surface area contributed by atoms with E-state index in [9.17, 15) is 4.79 Å². The van der Waals surface area contributed by atoms with E-state index in [-0.39, 0.29) is 17.2 Å². The van der Waals surface area contributed by atoms with Crippen LogP contribution < -0.4 is 0 Å². The Morgan fingerprint density at radius 1 is 1.10 bits per heavy atom. The van der Waals surface area contributed by atoms with Gasteiger partial charge in [-0.2, -0.15) is 0 Å². The summed E-state index contributed by atoms with van der Waals surface area (Å²) >= 11 is 0. The highest BCUT2D eigenvalue weighted by atomic mass is 16.3. The fraction of sp³-hybridized carbons (Fsp3) is 0.375. The van der Waals surface area contributed by atoms with Gasteiger partial charge in [-0.1, -0.05) is 30.3 Å². The number of piperidine rings is 1. The first kappa shape index (κ1) is 19.0. The normalized spacial score (nSPS) is 21.2. The molecule has 0 radical (unpaired) electrons. The van der Waals surface area contributed by atoms with Crippen molar-refractivity contribution in [3.8, 4) is 0 Å². The first-order chi connectivity index (χ1) is 14.7. The summed E-state index contributed by atoms with van der Waals surface area (Å²) in [6.07, 6.45) is 8.67. The van der Waals surface area contributed by atoms with Crippen LogP contribution >= 0.6 is 0 Å². The van der Waals surface area contributed by atoms with Gasteiger partial charge in [0.15, 0.2) is 5.89 Å². The fourth-order valence-corrected chi connectivity index (χ4v) is 5.11. The molecule has 2 aliphatic rings. The lowest BCUT2D eigenvalue weighted by Crippen LogP contribution is -2.46. The molecule has 0 bridgehead atoms. The van der Waals surface area contributed by atoms with Crippen molar-refractivity contribution < 1.29 is 9.21 Å². The summed E-state index contributed by atoms with van der Waals surface area (Å²) in [7, 11) is 0. The molecule has 2 aliphatic heterocycles. The summed E-state index contributed by atoms with van der Waals surface area (Å²) in [4.78, 5) is 25.9. The topological polar surface area (TPSA) is 62.5 Å². The summed E-state index contributed by atoms with van der Waals surface area (Å²) < 4.78 is 5.76. The molecule has 1 atom stereocenters. The number of carbonyl (C=O) groups excluding carboxylic acids is 1. The highest BCUT2D eigenvalue weighted by Gasteiger charge is 2.50. The Morgan fingerprint density at radius 3 is 2.63 bits per heavy atom. The van der Waals surface area contributed by atoms with E-state index in [0.29, 0.717) is 5.56 Å². The minimum atomic E-state index is 0.0739. The van der Waals surface area contributed by atoms with Gasteiger partial charge in [0, 0.05) is 45.1 Å². The molecule has 0 N–H and O–H groups in total. The summed E-state index contributed by atoms with van der Waals surface area (Å²) in [6.45, 7) is 4.38. The van der Waals surface area contributed by atoms with Crippen molar-refractivity contribution >= 4 is 5.91 Å². The molecule has 4 heterocycles. The third-order valence-electron chi connectivity index (χ3n) is 6.67. The number of hydrogen-bond donors (Lipinski definition) is 0. The van der Waals surface area contributed by atoms with E-state index in [1.807, 2.05) is 17.0 Å². The molecule has 6 heteroatoms. The van der Waals surface area contributed by atoms with Crippen LogP contribution in [0.15, 0.2) is 71.7 Å². The van der Waals surface area contributed by atoms with Crippen molar-refractivity contribution in [2.75, 3.05) is 26.2 Å². The molecule has 2 aromatic heterocycles. The average molecular weight is 402 g/mol. The number of nitrogens with zero attached hydrogens (tertiary/aromatic N) is 4. The van der Waals surface area contributed by atoms with Crippen LogP contribution in [0.1, 0.15) is 40.6 Å². The minimum Gasteiger partial charge on any atom is -0.449 e. The molecule has 1 amide bonds. The largest absolute Gasteiger partial charge is 0.449 e. The number of carbonyl (C=O) groups is 1. The number of oxazole rings is 1. The highest BCUT2D eigenvalue weighted by molar-refractivity contribution is 5.93. The van der Waals surface area contributed by atoms with Crippen LogP contribution in [0.2, 0.25) is 0 Å². The monoisotopic (exact) mass is 402 g/mol. The zero-order valence-electron chi connectivity index (χ0n) is 17.0. The van der Waals surface area contributed by atoms with Crippen molar-refractivity contribution in [2.24, 2.45) is 5.41 Å². The van der Waals surface area contributed by atoms with Gasteiger partial charge in [-0.05, 0) is 36.0 Å². The van der Waals surface area contributed by atoms with Crippen molar-refractivity contribution in [1.82, 2.24) is 19.8 Å². The molecule has 154 valence electrons. The maximum absolute atomic E-state index is 12.9. The second-order valence-electron chi connectivity index (χ2n) is 8.47. The number of hydrogen-bond acceptors (Lipinski definition) is 5. The van der Waals surface area contributed by atoms with Crippen molar-refractivity contribution in [1.29, 1.82) is 0 Å². The fourth-order valence-electron chi connectivity index (χ4n) is 5.11. The third-order valence-corrected chi connectivity index (χ3v) is 6.67. The zero-order valence-corrected chi connectivity index (χ0v) is 17.0. The van der Waals surface area contributed by atoms with Gasteiger partial charge >= 0.3 is 0 Å². The standard InChI is InChI=1S/C24H26N4O2/c29-23(20-7-4-10-25-15-20)28-12-8-24(9-13-28)18-27(16-19-5-2-1-3-6-19)17-21(24)22-26-11-14-30-22/h1-7,10-11,14-15,21H,8-9,12-13,16-18H2/t21-/m1/s1. The second-order valence-corrected chi connectivity index (χ2v) is 8.47. The molecular formula is C24H26N4O2. The van der Waals surface area contributed by atoms with Gasteiger partial charge in [-0.15, -0.1) is 0 Å². The Labute approximate surface area is 176 Å². The maximum Gasteiger partial charge on any atom is 0.255 e. The first-order valence-electron chi connectivity index (χ1n) is 10.6. The zero-order chi connectivity index (χ0) is 20.4. The highest BCUT2D eigenvalue weighted by Crippen LogP contribution is 2.49. The Morgan fingerprint density at radius 2 is 1.93 bits per heavy atom. The van der Waals surface area contributed by atoms with Crippen LogP contribution in [0.25, 0.3) is 0 Å². The van der Waals surface area contributed by atoms with E-state index in [2.05, 4.69) is 45.2 Å². The van der Waals surface area contributed by atoms with Gasteiger partial charge in [-0.3, -0.25) is 14.7 Å². The van der Waals surface area contributed by atoms with Crippen LogP contribution in [-0.2, 0) is 6.54 Å². The summed E-state index contributed by atoms with van der Waals surface area (Å²) in [5.41, 5.74) is 2.07. The molecular weight excluding hydrogens is 376 g/mol. The Balaban J connectivity index is 1.33. The number of benzene rings is 1. The Kier molecular flexibility index (Phi) is 5.09. The molecule has 1 spiro atoms. The molecule has 0 unspecified atom stereocenters. The van der Waals surface area contributed by atoms with Crippen LogP contribution in [-0.4, -0.2) is 51.9 Å². The Bertz CT molecular complexity index is 967. The molecule has 30 heavy (non-hydrogen) atoms. The number of rotatable bonds is 4. The third kappa shape index (κ3) is 3.63. The minimum absolute atomic E-state index is 0.0739. The van der Waals surface area contributed by atoms with E-state index < -0.39 is 0 Å². The summed E-state index contributed by atoms with van der Waals surface area (Å²) in [5.74, 6) is 1.16. The maximum atomic E-state index is 12.9. The predicted molar refractivity (Wildman–Crippen MR) is 113 cm³/mol. The first-order valence-corrected chi connectivity index (χ1v) is 10.6. The summed E-state index contributed by atoms with van der Waals surface area (Å²) in [6, 6.07) is 14.3. The number of amides is 1. The quantitative estimate of drug-likeness (QED) is 0.667. The van der Waals surface area contributed by atoms with Gasteiger partial charge < -0.3 is 9.32 Å². The van der Waals surface area contributed by atoms with Crippen LogP contribution in [0.5, 0.6) is 0 Å². The SMILES string of the molecule is O=C(c1cccnc1)N1CCC2(CC1)CN(Cc1ccccc1)C[C@@H]2c1ncco1. The number of pyridine rings is 1. The lowest BCUT2D eigenvalue weighted by Gasteiger charge is -2.42.